The van der Waals surface area contributed by atoms with Crippen molar-refractivity contribution in [3.8, 4) is 0 Å². The molecule has 2 N–H and O–H groups in total. The van der Waals surface area contributed by atoms with Gasteiger partial charge in [0.15, 0.2) is 0 Å². The quantitative estimate of drug-likeness (QED) is 0.656. The molecular formula is C10H17NO3. The van der Waals surface area contributed by atoms with Gasteiger partial charge < -0.3 is 15.2 Å². The van der Waals surface area contributed by atoms with Crippen molar-refractivity contribution < 1.29 is 14.3 Å². The standard InChI is InChI=1S/C10H17NO3/c1-10(4-2-3-8(10)11)9(12)14-7-5-13-6-7/h7-8H,2-6,11H2,1H3. The minimum atomic E-state index is -0.463. The average Bonchev–Trinajstić information content (AvgIpc) is 2.41. The van der Waals surface area contributed by atoms with Gasteiger partial charge >= 0.3 is 5.97 Å². The van der Waals surface area contributed by atoms with E-state index >= 15 is 0 Å². The summed E-state index contributed by atoms with van der Waals surface area (Å²) in [6.45, 7) is 2.99. The van der Waals surface area contributed by atoms with E-state index in [4.69, 9.17) is 15.2 Å². The van der Waals surface area contributed by atoms with Gasteiger partial charge in [0.2, 0.25) is 0 Å². The van der Waals surface area contributed by atoms with Crippen LogP contribution in [0.15, 0.2) is 0 Å². The number of esters is 1. The minimum absolute atomic E-state index is 0.0351. The maximum atomic E-state index is 11.8. The van der Waals surface area contributed by atoms with Crippen molar-refractivity contribution in [3.05, 3.63) is 0 Å². The molecular weight excluding hydrogens is 182 g/mol. The normalized spacial score (nSPS) is 38.0. The Morgan fingerprint density at radius 3 is 2.71 bits per heavy atom. The molecule has 14 heavy (non-hydrogen) atoms. The van der Waals surface area contributed by atoms with Crippen molar-refractivity contribution in [2.75, 3.05) is 13.2 Å². The molecule has 0 aromatic carbocycles. The highest BCUT2D eigenvalue weighted by Gasteiger charge is 2.45. The Bertz CT molecular complexity index is 240. The van der Waals surface area contributed by atoms with Gasteiger partial charge in [-0.3, -0.25) is 4.79 Å². The zero-order valence-corrected chi connectivity index (χ0v) is 8.49. The number of carbonyl (C=O) groups excluding carboxylic acids is 1. The monoisotopic (exact) mass is 199 g/mol. The summed E-state index contributed by atoms with van der Waals surface area (Å²) in [7, 11) is 0. The van der Waals surface area contributed by atoms with Crippen LogP contribution in [0, 0.1) is 5.41 Å². The summed E-state index contributed by atoms with van der Waals surface area (Å²) in [5.74, 6) is -0.143. The molecule has 0 aromatic rings. The Labute approximate surface area is 83.7 Å². The molecule has 2 unspecified atom stereocenters. The third kappa shape index (κ3) is 1.53. The van der Waals surface area contributed by atoms with Gasteiger partial charge in [0.05, 0.1) is 18.6 Å². The predicted molar refractivity (Wildman–Crippen MR) is 50.6 cm³/mol. The molecule has 0 amide bonds. The highest BCUT2D eigenvalue weighted by Crippen LogP contribution is 2.38. The van der Waals surface area contributed by atoms with E-state index in [0.29, 0.717) is 13.2 Å². The van der Waals surface area contributed by atoms with Gasteiger partial charge in [-0.1, -0.05) is 6.42 Å². The molecule has 1 aliphatic carbocycles. The average molecular weight is 199 g/mol. The van der Waals surface area contributed by atoms with Crippen LogP contribution in [0.1, 0.15) is 26.2 Å². The number of nitrogens with two attached hydrogens (primary N) is 1. The smallest absolute Gasteiger partial charge is 0.313 e. The highest BCUT2D eigenvalue weighted by atomic mass is 16.6. The molecule has 2 aliphatic rings. The van der Waals surface area contributed by atoms with Crippen molar-refractivity contribution in [3.63, 3.8) is 0 Å². The lowest BCUT2D eigenvalue weighted by Crippen LogP contribution is -2.47. The molecule has 1 heterocycles. The van der Waals surface area contributed by atoms with Crippen LogP contribution in [0.5, 0.6) is 0 Å². The fourth-order valence-electron chi connectivity index (χ4n) is 2.01. The molecule has 2 rings (SSSR count). The zero-order valence-electron chi connectivity index (χ0n) is 8.49. The molecule has 1 saturated heterocycles. The lowest BCUT2D eigenvalue weighted by Gasteiger charge is -2.32. The van der Waals surface area contributed by atoms with Crippen LogP contribution >= 0.6 is 0 Å². The van der Waals surface area contributed by atoms with Crippen molar-refractivity contribution in [2.45, 2.75) is 38.3 Å². The van der Waals surface area contributed by atoms with Gasteiger partial charge in [0.1, 0.15) is 6.10 Å². The summed E-state index contributed by atoms with van der Waals surface area (Å²) in [4.78, 5) is 11.8. The second-order valence-corrected chi connectivity index (χ2v) is 4.48. The fourth-order valence-corrected chi connectivity index (χ4v) is 2.01. The molecule has 4 heteroatoms. The second-order valence-electron chi connectivity index (χ2n) is 4.48. The summed E-state index contributed by atoms with van der Waals surface area (Å²) in [6, 6.07) is -0.0454. The second kappa shape index (κ2) is 3.51. The van der Waals surface area contributed by atoms with Crippen LogP contribution < -0.4 is 5.73 Å². The lowest BCUT2D eigenvalue weighted by molar-refractivity contribution is -0.183. The molecule has 80 valence electrons. The third-order valence-corrected chi connectivity index (χ3v) is 3.38. The van der Waals surface area contributed by atoms with Gasteiger partial charge in [-0.25, -0.2) is 0 Å². The number of ether oxygens (including phenoxy) is 2. The Morgan fingerprint density at radius 1 is 1.57 bits per heavy atom. The maximum absolute atomic E-state index is 11.8. The number of rotatable bonds is 2. The van der Waals surface area contributed by atoms with Crippen LogP contribution in [0.4, 0.5) is 0 Å². The molecule has 1 saturated carbocycles. The SMILES string of the molecule is CC1(C(=O)OC2COC2)CCCC1N. The van der Waals surface area contributed by atoms with E-state index in [2.05, 4.69) is 0 Å². The summed E-state index contributed by atoms with van der Waals surface area (Å²) < 4.78 is 10.2. The van der Waals surface area contributed by atoms with Crippen LogP contribution in [-0.2, 0) is 14.3 Å². The van der Waals surface area contributed by atoms with E-state index in [-0.39, 0.29) is 18.1 Å². The molecule has 0 radical (unpaired) electrons. The first-order valence-electron chi connectivity index (χ1n) is 5.17. The van der Waals surface area contributed by atoms with Crippen LogP contribution in [0.2, 0.25) is 0 Å². The highest BCUT2D eigenvalue weighted by molar-refractivity contribution is 5.78. The van der Waals surface area contributed by atoms with Crippen molar-refractivity contribution >= 4 is 5.97 Å². The number of hydrogen-bond donors (Lipinski definition) is 1. The van der Waals surface area contributed by atoms with E-state index in [1.807, 2.05) is 6.92 Å². The maximum Gasteiger partial charge on any atom is 0.313 e. The van der Waals surface area contributed by atoms with Crippen LogP contribution in [-0.4, -0.2) is 31.3 Å². The molecule has 2 atom stereocenters. The van der Waals surface area contributed by atoms with Crippen molar-refractivity contribution in [1.82, 2.24) is 0 Å². The molecule has 4 nitrogen and oxygen atoms in total. The van der Waals surface area contributed by atoms with Crippen molar-refractivity contribution in [2.24, 2.45) is 11.1 Å². The fraction of sp³-hybridized carbons (Fsp3) is 0.900. The Morgan fingerprint density at radius 2 is 2.29 bits per heavy atom. The van der Waals surface area contributed by atoms with E-state index in [0.717, 1.165) is 19.3 Å². The summed E-state index contributed by atoms with van der Waals surface area (Å²) in [5, 5.41) is 0. The van der Waals surface area contributed by atoms with Gasteiger partial charge in [0.25, 0.3) is 0 Å². The first kappa shape index (κ1) is 9.93. The summed E-state index contributed by atoms with van der Waals surface area (Å²) in [6.07, 6.45) is 2.76. The van der Waals surface area contributed by atoms with E-state index in [1.165, 1.54) is 0 Å². The van der Waals surface area contributed by atoms with Gasteiger partial charge in [0, 0.05) is 6.04 Å². The first-order chi connectivity index (χ1) is 6.63. The van der Waals surface area contributed by atoms with E-state index in [1.54, 1.807) is 0 Å². The summed E-state index contributed by atoms with van der Waals surface area (Å²) >= 11 is 0. The lowest BCUT2D eigenvalue weighted by atomic mass is 9.85. The Kier molecular flexibility index (Phi) is 2.49. The molecule has 1 aliphatic heterocycles. The zero-order chi connectivity index (χ0) is 10.2. The van der Waals surface area contributed by atoms with E-state index in [9.17, 15) is 4.79 Å². The molecule has 0 aromatic heterocycles. The number of hydrogen-bond acceptors (Lipinski definition) is 4. The molecule has 0 bridgehead atoms. The predicted octanol–water partition coefficient (Wildman–Crippen LogP) is 0.446. The first-order valence-corrected chi connectivity index (χ1v) is 5.17. The molecule has 0 spiro atoms. The largest absolute Gasteiger partial charge is 0.457 e. The Balaban J connectivity index is 1.94. The van der Waals surface area contributed by atoms with Gasteiger partial charge in [-0.15, -0.1) is 0 Å². The molecule has 2 fully saturated rings. The minimum Gasteiger partial charge on any atom is -0.457 e. The van der Waals surface area contributed by atoms with Crippen LogP contribution in [0.3, 0.4) is 0 Å². The van der Waals surface area contributed by atoms with Crippen molar-refractivity contribution in [1.29, 1.82) is 0 Å². The van der Waals surface area contributed by atoms with E-state index < -0.39 is 5.41 Å². The Hall–Kier alpha value is -0.610. The van der Waals surface area contributed by atoms with Crippen LogP contribution in [0.25, 0.3) is 0 Å². The van der Waals surface area contributed by atoms with Gasteiger partial charge in [-0.2, -0.15) is 0 Å². The number of carbonyl (C=O) groups is 1. The third-order valence-electron chi connectivity index (χ3n) is 3.38. The summed E-state index contributed by atoms with van der Waals surface area (Å²) in [5.41, 5.74) is 5.45. The topological polar surface area (TPSA) is 61.5 Å². The van der Waals surface area contributed by atoms with Gasteiger partial charge in [-0.05, 0) is 19.8 Å².